The highest BCUT2D eigenvalue weighted by molar-refractivity contribution is 7.80. The summed E-state index contributed by atoms with van der Waals surface area (Å²) in [5.41, 5.74) is 5.72. The highest BCUT2D eigenvalue weighted by Gasteiger charge is 1.97. The van der Waals surface area contributed by atoms with E-state index in [4.69, 9.17) is 23.8 Å². The number of benzene rings is 2. The quantitative estimate of drug-likeness (QED) is 0.508. The van der Waals surface area contributed by atoms with Crippen LogP contribution in [0.3, 0.4) is 0 Å². The first-order valence-corrected chi connectivity index (χ1v) is 7.46. The minimum Gasteiger partial charge on any atom is -0.378 e. The van der Waals surface area contributed by atoms with E-state index in [0.29, 0.717) is 10.1 Å². The summed E-state index contributed by atoms with van der Waals surface area (Å²) in [5, 5.41) is 8.17. The zero-order valence-corrected chi connectivity index (χ0v) is 13.9. The molecule has 0 spiro atoms. The third-order valence-corrected chi connectivity index (χ3v) is 3.30. The zero-order chi connectivity index (χ0) is 15.9. The summed E-state index contributed by atoms with van der Waals surface area (Å²) in [5.74, 6) is 0. The minimum atomic E-state index is 0.406. The lowest BCUT2D eigenvalue weighted by Gasteiger charge is -2.11. The first-order valence-electron chi connectivity index (χ1n) is 6.67. The van der Waals surface area contributed by atoms with Crippen molar-refractivity contribution in [3.63, 3.8) is 0 Å². The third-order valence-electron chi connectivity index (χ3n) is 2.87. The van der Waals surface area contributed by atoms with Crippen LogP contribution in [0.1, 0.15) is 5.56 Å². The standard InChI is InChI=1S/C16H17ClN4S/c1-21(2)15-8-6-12(7-9-15)11-18-20-16(22)19-14-5-3-4-13(17)10-14/h3-11H,1-2H3,(H2,19,20,22)/b18-11-. The summed E-state index contributed by atoms with van der Waals surface area (Å²) in [6.45, 7) is 0. The van der Waals surface area contributed by atoms with Crippen molar-refractivity contribution in [3.8, 4) is 0 Å². The number of rotatable bonds is 4. The second-order valence-corrected chi connectivity index (χ2v) is 5.67. The summed E-state index contributed by atoms with van der Waals surface area (Å²) < 4.78 is 0. The summed E-state index contributed by atoms with van der Waals surface area (Å²) in [7, 11) is 4.01. The van der Waals surface area contributed by atoms with Crippen molar-refractivity contribution in [2.75, 3.05) is 24.3 Å². The maximum atomic E-state index is 5.91. The van der Waals surface area contributed by atoms with Gasteiger partial charge in [0.05, 0.1) is 6.21 Å². The molecule has 0 aliphatic heterocycles. The molecule has 2 rings (SSSR count). The van der Waals surface area contributed by atoms with Gasteiger partial charge in [-0.05, 0) is 48.1 Å². The second-order valence-electron chi connectivity index (χ2n) is 4.82. The Balaban J connectivity index is 1.87. The molecule has 114 valence electrons. The van der Waals surface area contributed by atoms with Gasteiger partial charge in [0.15, 0.2) is 5.11 Å². The SMILES string of the molecule is CN(C)c1ccc(/C=N\NC(=S)Nc2cccc(Cl)c2)cc1. The van der Waals surface area contributed by atoms with Crippen LogP contribution in [0.15, 0.2) is 53.6 Å². The number of hydrazone groups is 1. The summed E-state index contributed by atoms with van der Waals surface area (Å²) in [6.07, 6.45) is 1.71. The van der Waals surface area contributed by atoms with E-state index in [9.17, 15) is 0 Å². The van der Waals surface area contributed by atoms with Crippen molar-refractivity contribution in [1.29, 1.82) is 0 Å². The largest absolute Gasteiger partial charge is 0.378 e. The van der Waals surface area contributed by atoms with Gasteiger partial charge < -0.3 is 10.2 Å². The lowest BCUT2D eigenvalue weighted by atomic mass is 10.2. The Morgan fingerprint density at radius 2 is 1.91 bits per heavy atom. The van der Waals surface area contributed by atoms with Crippen LogP contribution in [0.2, 0.25) is 5.02 Å². The fraction of sp³-hybridized carbons (Fsp3) is 0.125. The van der Waals surface area contributed by atoms with E-state index in [0.717, 1.165) is 16.9 Å². The van der Waals surface area contributed by atoms with Crippen molar-refractivity contribution < 1.29 is 0 Å². The molecule has 4 nitrogen and oxygen atoms in total. The molecule has 2 aromatic carbocycles. The predicted octanol–water partition coefficient (Wildman–Crippen LogP) is 3.73. The van der Waals surface area contributed by atoms with E-state index >= 15 is 0 Å². The van der Waals surface area contributed by atoms with Gasteiger partial charge in [-0.25, -0.2) is 0 Å². The molecule has 0 saturated carbocycles. The van der Waals surface area contributed by atoms with Gasteiger partial charge in [-0.1, -0.05) is 29.8 Å². The molecule has 0 fully saturated rings. The van der Waals surface area contributed by atoms with Crippen LogP contribution < -0.4 is 15.6 Å². The van der Waals surface area contributed by atoms with Crippen LogP contribution in [0, 0.1) is 0 Å². The molecule has 0 atom stereocenters. The average molecular weight is 333 g/mol. The fourth-order valence-electron chi connectivity index (χ4n) is 1.75. The minimum absolute atomic E-state index is 0.406. The monoisotopic (exact) mass is 332 g/mol. The second kappa shape index (κ2) is 7.77. The van der Waals surface area contributed by atoms with E-state index in [1.807, 2.05) is 55.4 Å². The van der Waals surface area contributed by atoms with Crippen molar-refractivity contribution in [2.45, 2.75) is 0 Å². The molecule has 0 amide bonds. The molecule has 0 bridgehead atoms. The molecule has 0 saturated heterocycles. The zero-order valence-electron chi connectivity index (χ0n) is 12.4. The predicted molar refractivity (Wildman–Crippen MR) is 99.2 cm³/mol. The van der Waals surface area contributed by atoms with Gasteiger partial charge in [0.2, 0.25) is 0 Å². The molecule has 0 unspecified atom stereocenters. The normalized spacial score (nSPS) is 10.5. The maximum absolute atomic E-state index is 5.91. The van der Waals surface area contributed by atoms with Crippen LogP contribution in [0.5, 0.6) is 0 Å². The number of thiocarbonyl (C=S) groups is 1. The van der Waals surface area contributed by atoms with Crippen molar-refractivity contribution >= 4 is 46.5 Å². The fourth-order valence-corrected chi connectivity index (χ4v) is 2.11. The molecule has 6 heteroatoms. The molecule has 22 heavy (non-hydrogen) atoms. The van der Waals surface area contributed by atoms with Gasteiger partial charge in [0, 0.05) is 30.5 Å². The van der Waals surface area contributed by atoms with Crippen molar-refractivity contribution in [2.24, 2.45) is 5.10 Å². The molecule has 0 radical (unpaired) electrons. The van der Waals surface area contributed by atoms with E-state index in [-0.39, 0.29) is 0 Å². The number of anilines is 2. The smallest absolute Gasteiger partial charge is 0.191 e. The van der Waals surface area contributed by atoms with Gasteiger partial charge in [0.25, 0.3) is 0 Å². The van der Waals surface area contributed by atoms with Crippen molar-refractivity contribution in [1.82, 2.24) is 5.43 Å². The van der Waals surface area contributed by atoms with Gasteiger partial charge in [-0.3, -0.25) is 5.43 Å². The van der Waals surface area contributed by atoms with Crippen LogP contribution in [-0.2, 0) is 0 Å². The van der Waals surface area contributed by atoms with Gasteiger partial charge in [-0.15, -0.1) is 0 Å². The first-order chi connectivity index (χ1) is 10.5. The van der Waals surface area contributed by atoms with Gasteiger partial charge in [0.1, 0.15) is 0 Å². The Labute approximate surface area is 140 Å². The average Bonchev–Trinajstić information content (AvgIpc) is 2.47. The van der Waals surface area contributed by atoms with Crippen LogP contribution in [0.25, 0.3) is 0 Å². The van der Waals surface area contributed by atoms with Crippen molar-refractivity contribution in [3.05, 3.63) is 59.1 Å². The number of nitrogens with one attached hydrogen (secondary N) is 2. The Kier molecular flexibility index (Phi) is 5.75. The van der Waals surface area contributed by atoms with Gasteiger partial charge >= 0.3 is 0 Å². The molecular formula is C16H17ClN4S. The van der Waals surface area contributed by atoms with E-state index in [1.165, 1.54) is 0 Å². The summed E-state index contributed by atoms with van der Waals surface area (Å²) in [6, 6.07) is 15.4. The molecule has 0 aliphatic carbocycles. The topological polar surface area (TPSA) is 39.7 Å². The van der Waals surface area contributed by atoms with Gasteiger partial charge in [-0.2, -0.15) is 5.10 Å². The Morgan fingerprint density at radius 1 is 1.18 bits per heavy atom. The lowest BCUT2D eigenvalue weighted by Crippen LogP contribution is -2.23. The first kappa shape index (κ1) is 16.3. The third kappa shape index (κ3) is 5.02. The number of nitrogens with zero attached hydrogens (tertiary/aromatic N) is 2. The van der Waals surface area contributed by atoms with Crippen LogP contribution in [-0.4, -0.2) is 25.4 Å². The molecule has 0 aliphatic rings. The van der Waals surface area contributed by atoms with E-state index < -0.39 is 0 Å². The summed E-state index contributed by atoms with van der Waals surface area (Å²) in [4.78, 5) is 2.04. The van der Waals surface area contributed by atoms with E-state index in [2.05, 4.69) is 15.8 Å². The Morgan fingerprint density at radius 3 is 2.55 bits per heavy atom. The highest BCUT2D eigenvalue weighted by atomic mass is 35.5. The van der Waals surface area contributed by atoms with E-state index in [1.54, 1.807) is 18.3 Å². The molecule has 0 aromatic heterocycles. The highest BCUT2D eigenvalue weighted by Crippen LogP contribution is 2.14. The van der Waals surface area contributed by atoms with Crippen LogP contribution >= 0.6 is 23.8 Å². The molecular weight excluding hydrogens is 316 g/mol. The number of halogens is 1. The summed E-state index contributed by atoms with van der Waals surface area (Å²) >= 11 is 11.1. The Hall–Kier alpha value is -2.11. The van der Waals surface area contributed by atoms with Crippen LogP contribution in [0.4, 0.5) is 11.4 Å². The molecule has 2 aromatic rings. The number of hydrogen-bond donors (Lipinski definition) is 2. The molecule has 0 heterocycles. The number of hydrogen-bond acceptors (Lipinski definition) is 3. The Bertz CT molecular complexity index is 668. The lowest BCUT2D eigenvalue weighted by molar-refractivity contribution is 1.05. The molecule has 2 N–H and O–H groups in total. The maximum Gasteiger partial charge on any atom is 0.191 e.